The van der Waals surface area contributed by atoms with E-state index in [1.54, 1.807) is 23.1 Å². The fourth-order valence-electron chi connectivity index (χ4n) is 3.51. The Morgan fingerprint density at radius 3 is 2.81 bits per heavy atom. The van der Waals surface area contributed by atoms with E-state index in [0.29, 0.717) is 22.5 Å². The molecule has 7 nitrogen and oxygen atoms in total. The molecule has 3 unspecified atom stereocenters. The van der Waals surface area contributed by atoms with Crippen molar-refractivity contribution >= 4 is 40.1 Å². The molecule has 0 aliphatic carbocycles. The molecule has 2 aromatic carbocycles. The number of aliphatic hydroxyl groups excluding tert-OH is 2. The van der Waals surface area contributed by atoms with Gasteiger partial charge in [0.05, 0.1) is 17.3 Å². The Bertz CT molecular complexity index is 1050. The van der Waals surface area contributed by atoms with Crippen molar-refractivity contribution in [1.82, 2.24) is 0 Å². The largest absolute Gasteiger partial charge is 0.489 e. The monoisotopic (exact) mass is 476 g/mol. The van der Waals surface area contributed by atoms with Crippen LogP contribution in [0, 0.1) is 6.92 Å². The van der Waals surface area contributed by atoms with Crippen molar-refractivity contribution in [3.63, 3.8) is 0 Å². The van der Waals surface area contributed by atoms with Crippen LogP contribution >= 0.6 is 23.4 Å². The third kappa shape index (κ3) is 4.25. The van der Waals surface area contributed by atoms with Crippen LogP contribution < -0.4 is 9.64 Å². The molecule has 0 saturated carbocycles. The highest BCUT2D eigenvalue weighted by molar-refractivity contribution is 8.17. The number of benzene rings is 2. The van der Waals surface area contributed by atoms with Crippen LogP contribution in [0.2, 0.25) is 5.02 Å². The van der Waals surface area contributed by atoms with Crippen LogP contribution in [0.3, 0.4) is 0 Å². The number of nitrogens with zero attached hydrogens (tertiary/aromatic N) is 2. The Hall–Kier alpha value is -2.10. The molecule has 9 heteroatoms. The van der Waals surface area contributed by atoms with Gasteiger partial charge in [-0.15, -0.1) is 0 Å². The minimum Gasteiger partial charge on any atom is -0.489 e. The van der Waals surface area contributed by atoms with Gasteiger partial charge in [0.1, 0.15) is 24.6 Å². The summed E-state index contributed by atoms with van der Waals surface area (Å²) in [5.74, 6) is 0.230. The van der Waals surface area contributed by atoms with Crippen molar-refractivity contribution < 1.29 is 24.5 Å². The molecule has 2 aliphatic rings. The molecule has 32 heavy (non-hydrogen) atoms. The van der Waals surface area contributed by atoms with Gasteiger partial charge in [-0.2, -0.15) is 0 Å². The number of rotatable bonds is 8. The molecular formula is C23H25ClN2O5S. The van der Waals surface area contributed by atoms with Crippen molar-refractivity contribution in [2.45, 2.75) is 37.4 Å². The number of thioether (sulfide) groups is 1. The molecule has 1 amide bonds. The van der Waals surface area contributed by atoms with E-state index in [4.69, 9.17) is 26.2 Å². The number of aliphatic imine (C=N–C) groups is 1. The molecule has 0 aromatic heterocycles. The number of aliphatic hydroxyl groups is 2. The van der Waals surface area contributed by atoms with Crippen LogP contribution in [-0.2, 0) is 9.53 Å². The Kier molecular flexibility index (Phi) is 6.78. The first-order chi connectivity index (χ1) is 15.4. The number of halogens is 1. The second-order valence-electron chi connectivity index (χ2n) is 7.70. The Morgan fingerprint density at radius 1 is 1.34 bits per heavy atom. The van der Waals surface area contributed by atoms with Gasteiger partial charge in [-0.05, 0) is 54.4 Å². The number of amides is 1. The first-order valence-corrected chi connectivity index (χ1v) is 11.6. The second-order valence-corrected chi connectivity index (χ2v) is 9.28. The maximum atomic E-state index is 13.6. The standard InChI is InChI=1S/C23H25ClN2O5S/c1-3-10-25-22-26(18-7-5-4-6-14(18)2)21(29)23(32-22)20(31-23)15-8-9-19(17(24)11-15)30-13-16(28)12-27/h4-9,11,16,20,27-28H,3,10,12-13H2,1-2H3/b25-22+. The topological polar surface area (TPSA) is 94.9 Å². The van der Waals surface area contributed by atoms with E-state index in [1.165, 1.54) is 11.8 Å². The van der Waals surface area contributed by atoms with E-state index in [-0.39, 0.29) is 12.5 Å². The zero-order valence-electron chi connectivity index (χ0n) is 17.8. The predicted octanol–water partition coefficient (Wildman–Crippen LogP) is 3.69. The molecule has 2 saturated heterocycles. The zero-order valence-corrected chi connectivity index (χ0v) is 19.4. The van der Waals surface area contributed by atoms with E-state index < -0.39 is 23.7 Å². The number of carbonyl (C=O) groups excluding carboxylic acids is 1. The lowest BCUT2D eigenvalue weighted by Gasteiger charge is -2.18. The minimum atomic E-state index is -1.06. The number of anilines is 1. The molecular weight excluding hydrogens is 452 g/mol. The highest BCUT2D eigenvalue weighted by Gasteiger charge is 2.71. The molecule has 3 atom stereocenters. The first-order valence-electron chi connectivity index (χ1n) is 10.4. The highest BCUT2D eigenvalue weighted by atomic mass is 35.5. The van der Waals surface area contributed by atoms with Gasteiger partial charge in [0, 0.05) is 6.54 Å². The van der Waals surface area contributed by atoms with E-state index >= 15 is 0 Å². The maximum Gasteiger partial charge on any atom is 0.279 e. The van der Waals surface area contributed by atoms with E-state index in [9.17, 15) is 9.90 Å². The van der Waals surface area contributed by atoms with Crippen LogP contribution in [0.25, 0.3) is 0 Å². The normalized spacial score (nSPS) is 24.4. The van der Waals surface area contributed by atoms with Crippen molar-refractivity contribution in [2.24, 2.45) is 4.99 Å². The van der Waals surface area contributed by atoms with Crippen molar-refractivity contribution in [3.8, 4) is 5.75 Å². The number of amidine groups is 1. The third-order valence-corrected chi connectivity index (χ3v) is 6.82. The van der Waals surface area contributed by atoms with Gasteiger partial charge in [-0.3, -0.25) is 14.7 Å². The Labute approximate surface area is 196 Å². The van der Waals surface area contributed by atoms with E-state index in [1.807, 2.05) is 38.1 Å². The maximum absolute atomic E-state index is 13.6. The summed E-state index contributed by atoms with van der Waals surface area (Å²) in [5.41, 5.74) is 2.54. The lowest BCUT2D eigenvalue weighted by molar-refractivity contribution is -0.119. The van der Waals surface area contributed by atoms with Crippen LogP contribution in [0.4, 0.5) is 5.69 Å². The molecule has 2 aliphatic heterocycles. The Balaban J connectivity index is 1.58. The van der Waals surface area contributed by atoms with Crippen molar-refractivity contribution in [3.05, 3.63) is 58.6 Å². The van der Waals surface area contributed by atoms with Gasteiger partial charge in [0.15, 0.2) is 5.17 Å². The van der Waals surface area contributed by atoms with Crippen LogP contribution in [0.1, 0.15) is 30.6 Å². The highest BCUT2D eigenvalue weighted by Crippen LogP contribution is 2.62. The number of epoxide rings is 1. The molecule has 4 rings (SSSR count). The van der Waals surface area contributed by atoms with Crippen LogP contribution in [0.15, 0.2) is 47.5 Å². The summed E-state index contributed by atoms with van der Waals surface area (Å²) >= 11 is 7.69. The van der Waals surface area contributed by atoms with Crippen molar-refractivity contribution in [1.29, 1.82) is 0 Å². The quantitative estimate of drug-likeness (QED) is 0.564. The summed E-state index contributed by atoms with van der Waals surface area (Å²) in [5, 5.41) is 19.4. The molecule has 2 heterocycles. The number of hydrogen-bond acceptors (Lipinski definition) is 7. The predicted molar refractivity (Wildman–Crippen MR) is 125 cm³/mol. The zero-order chi connectivity index (χ0) is 22.9. The van der Waals surface area contributed by atoms with Gasteiger partial charge in [-0.1, -0.05) is 42.8 Å². The SMILES string of the molecule is CCC/N=C1/SC2(OC2c2ccc(OCC(O)CO)c(Cl)c2)C(=O)N1c1ccccc1C. The van der Waals surface area contributed by atoms with E-state index in [0.717, 1.165) is 23.2 Å². The lowest BCUT2D eigenvalue weighted by Crippen LogP contribution is -2.34. The summed E-state index contributed by atoms with van der Waals surface area (Å²) < 4.78 is 11.4. The molecule has 2 fully saturated rings. The average molecular weight is 477 g/mol. The fraction of sp³-hybridized carbons (Fsp3) is 0.391. The van der Waals surface area contributed by atoms with Crippen LogP contribution in [-0.4, -0.2) is 52.1 Å². The molecule has 0 bridgehead atoms. The third-order valence-electron chi connectivity index (χ3n) is 5.24. The van der Waals surface area contributed by atoms with Gasteiger partial charge in [-0.25, -0.2) is 0 Å². The van der Waals surface area contributed by atoms with Gasteiger partial charge in [0.2, 0.25) is 4.93 Å². The summed E-state index contributed by atoms with van der Waals surface area (Å²) in [7, 11) is 0. The summed E-state index contributed by atoms with van der Waals surface area (Å²) in [6, 6.07) is 12.9. The Morgan fingerprint density at radius 2 is 2.12 bits per heavy atom. The van der Waals surface area contributed by atoms with E-state index in [2.05, 4.69) is 4.99 Å². The number of hydrogen-bond donors (Lipinski definition) is 2. The number of ether oxygens (including phenoxy) is 2. The number of para-hydroxylation sites is 1. The summed E-state index contributed by atoms with van der Waals surface area (Å²) in [6.07, 6.45) is -0.573. The summed E-state index contributed by atoms with van der Waals surface area (Å²) in [4.78, 5) is 18.8. The minimum absolute atomic E-state index is 0.0730. The van der Waals surface area contributed by atoms with Gasteiger partial charge >= 0.3 is 0 Å². The fourth-order valence-corrected chi connectivity index (χ4v) is 5.02. The molecule has 2 aromatic rings. The number of aryl methyl sites for hydroxylation is 1. The second kappa shape index (κ2) is 9.41. The summed E-state index contributed by atoms with van der Waals surface area (Å²) in [6.45, 7) is 4.16. The average Bonchev–Trinajstić information content (AvgIpc) is 3.45. The van der Waals surface area contributed by atoms with Crippen LogP contribution in [0.5, 0.6) is 5.75 Å². The van der Waals surface area contributed by atoms with Gasteiger partial charge in [0.25, 0.3) is 5.91 Å². The molecule has 170 valence electrons. The van der Waals surface area contributed by atoms with Gasteiger partial charge < -0.3 is 19.7 Å². The molecule has 0 radical (unpaired) electrons. The molecule has 1 spiro atoms. The smallest absolute Gasteiger partial charge is 0.279 e. The van der Waals surface area contributed by atoms with Crippen molar-refractivity contribution in [2.75, 3.05) is 24.7 Å². The molecule has 2 N–H and O–H groups in total. The number of carbonyl (C=O) groups is 1. The first kappa shape index (κ1) is 23.1. The lowest BCUT2D eigenvalue weighted by atomic mass is 10.1.